The van der Waals surface area contributed by atoms with Crippen molar-refractivity contribution in [3.8, 4) is 0 Å². The summed E-state index contributed by atoms with van der Waals surface area (Å²) in [6.07, 6.45) is 0. The van der Waals surface area contributed by atoms with Crippen molar-refractivity contribution in [3.63, 3.8) is 0 Å². The molecule has 2 N–H and O–H groups in total. The lowest BCUT2D eigenvalue weighted by Gasteiger charge is -1.94. The van der Waals surface area contributed by atoms with E-state index in [1.807, 2.05) is 0 Å². The van der Waals surface area contributed by atoms with E-state index in [0.717, 1.165) is 0 Å². The summed E-state index contributed by atoms with van der Waals surface area (Å²) in [5, 5.41) is 0.553. The first-order chi connectivity index (χ1) is 5.66. The van der Waals surface area contributed by atoms with E-state index < -0.39 is 0 Å². The van der Waals surface area contributed by atoms with Crippen LogP contribution in [0, 0.1) is 6.92 Å². The minimum absolute atomic E-state index is 0.265. The van der Waals surface area contributed by atoms with Gasteiger partial charge in [0.15, 0.2) is 5.65 Å². The Morgan fingerprint density at radius 1 is 1.50 bits per heavy atom. The maximum atomic E-state index is 10.8. The third-order valence-corrected chi connectivity index (χ3v) is 2.01. The Labute approximate surface area is 72.6 Å². The van der Waals surface area contributed by atoms with Gasteiger partial charge in [0.05, 0.1) is 16.2 Å². The number of aromatic nitrogens is 3. The molecule has 0 unspecified atom stereocenters. The Morgan fingerprint density at radius 2 is 2.25 bits per heavy atom. The second-order valence-electron chi connectivity index (χ2n) is 2.53. The number of halogens is 1. The van der Waals surface area contributed by atoms with Gasteiger partial charge in [0, 0.05) is 0 Å². The largest absolute Gasteiger partial charge is 0.325 e. The molecular weight excluding hydrogens is 178 g/mol. The van der Waals surface area contributed by atoms with Crippen LogP contribution >= 0.6 is 11.6 Å². The lowest BCUT2D eigenvalue weighted by molar-refractivity contribution is 1.18. The summed E-state index contributed by atoms with van der Waals surface area (Å²) >= 11 is 5.80. The number of hydrogen-bond acceptors (Lipinski definition) is 2. The van der Waals surface area contributed by atoms with Gasteiger partial charge in [0.1, 0.15) is 0 Å². The second kappa shape index (κ2) is 2.35. The van der Waals surface area contributed by atoms with E-state index in [0.29, 0.717) is 21.9 Å². The highest BCUT2D eigenvalue weighted by atomic mass is 35.5. The van der Waals surface area contributed by atoms with E-state index in [-0.39, 0.29) is 5.69 Å². The van der Waals surface area contributed by atoms with Crippen LogP contribution in [0.3, 0.4) is 0 Å². The van der Waals surface area contributed by atoms with Crippen LogP contribution in [0.5, 0.6) is 0 Å². The van der Waals surface area contributed by atoms with Crippen molar-refractivity contribution in [1.82, 2.24) is 15.0 Å². The van der Waals surface area contributed by atoms with Gasteiger partial charge in [0.2, 0.25) is 0 Å². The number of hydrogen-bond donors (Lipinski definition) is 2. The zero-order chi connectivity index (χ0) is 8.72. The monoisotopic (exact) mass is 183 g/mol. The van der Waals surface area contributed by atoms with Crippen molar-refractivity contribution in [2.45, 2.75) is 6.92 Å². The van der Waals surface area contributed by atoms with E-state index >= 15 is 0 Å². The number of rotatable bonds is 0. The average molecular weight is 184 g/mol. The zero-order valence-corrected chi connectivity index (χ0v) is 7.07. The van der Waals surface area contributed by atoms with Crippen molar-refractivity contribution < 1.29 is 0 Å². The summed E-state index contributed by atoms with van der Waals surface area (Å²) in [5.74, 6) is 0. The fourth-order valence-corrected chi connectivity index (χ4v) is 1.18. The van der Waals surface area contributed by atoms with Gasteiger partial charge in [-0.25, -0.2) is 9.78 Å². The predicted molar refractivity (Wildman–Crippen MR) is 46.5 cm³/mol. The summed E-state index contributed by atoms with van der Waals surface area (Å²) in [4.78, 5) is 20.0. The molecule has 0 saturated heterocycles. The maximum Gasteiger partial charge on any atom is 0.325 e. The normalized spacial score (nSPS) is 10.8. The van der Waals surface area contributed by atoms with Gasteiger partial charge in [-0.3, -0.25) is 4.98 Å². The summed E-state index contributed by atoms with van der Waals surface area (Å²) in [6, 6.07) is 1.68. The van der Waals surface area contributed by atoms with E-state index in [1.54, 1.807) is 13.0 Å². The topological polar surface area (TPSA) is 61.5 Å². The molecule has 5 heteroatoms. The lowest BCUT2D eigenvalue weighted by atomic mass is 10.3. The molecule has 62 valence electrons. The van der Waals surface area contributed by atoms with Gasteiger partial charge in [-0.2, -0.15) is 0 Å². The number of H-pyrrole nitrogens is 2. The fraction of sp³-hybridized carbons (Fsp3) is 0.143. The number of aryl methyl sites for hydroxylation is 1. The molecule has 0 aliphatic heterocycles. The highest BCUT2D eigenvalue weighted by Gasteiger charge is 2.02. The Hall–Kier alpha value is -1.29. The average Bonchev–Trinajstić information content (AvgIpc) is 2.30. The third kappa shape index (κ3) is 1.00. The van der Waals surface area contributed by atoms with Crippen molar-refractivity contribution in [2.75, 3.05) is 0 Å². The minimum atomic E-state index is -0.265. The first kappa shape index (κ1) is 7.36. The van der Waals surface area contributed by atoms with Crippen LogP contribution in [0.2, 0.25) is 5.02 Å². The summed E-state index contributed by atoms with van der Waals surface area (Å²) in [7, 11) is 0. The molecular formula is C7H6ClN3O. The Bertz CT molecular complexity index is 443. The fourth-order valence-electron chi connectivity index (χ4n) is 1.03. The molecule has 0 amide bonds. The highest BCUT2D eigenvalue weighted by molar-refractivity contribution is 6.31. The number of fused-ring (bicyclic) bond motifs is 1. The highest BCUT2D eigenvalue weighted by Crippen LogP contribution is 2.16. The number of aromatic amines is 2. The molecule has 0 aliphatic rings. The molecule has 12 heavy (non-hydrogen) atoms. The Morgan fingerprint density at radius 3 is 3.00 bits per heavy atom. The molecule has 2 rings (SSSR count). The Balaban J connectivity index is 2.92. The molecule has 2 aromatic rings. The van der Waals surface area contributed by atoms with Gasteiger partial charge >= 0.3 is 5.69 Å². The zero-order valence-electron chi connectivity index (χ0n) is 6.31. The van der Waals surface area contributed by atoms with Crippen LogP contribution in [0.25, 0.3) is 11.2 Å². The van der Waals surface area contributed by atoms with Crippen LogP contribution in [0.4, 0.5) is 0 Å². The molecule has 0 radical (unpaired) electrons. The minimum Gasteiger partial charge on any atom is -0.304 e. The van der Waals surface area contributed by atoms with Crippen molar-refractivity contribution in [1.29, 1.82) is 0 Å². The second-order valence-corrected chi connectivity index (χ2v) is 2.94. The van der Waals surface area contributed by atoms with Gasteiger partial charge in [-0.05, 0) is 13.0 Å². The van der Waals surface area contributed by atoms with Crippen LogP contribution in [-0.4, -0.2) is 15.0 Å². The van der Waals surface area contributed by atoms with Crippen LogP contribution < -0.4 is 5.69 Å². The first-order valence-corrected chi connectivity index (χ1v) is 3.80. The van der Waals surface area contributed by atoms with Gasteiger partial charge in [0.25, 0.3) is 0 Å². The number of pyridine rings is 1. The van der Waals surface area contributed by atoms with E-state index in [4.69, 9.17) is 11.6 Å². The SMILES string of the molecule is Cc1nc2[nH]c(=O)[nH]c2cc1Cl. The number of nitrogens with zero attached hydrogens (tertiary/aromatic N) is 1. The molecule has 0 saturated carbocycles. The van der Waals surface area contributed by atoms with E-state index in [2.05, 4.69) is 15.0 Å². The summed E-state index contributed by atoms with van der Waals surface area (Å²) in [5.41, 5.74) is 1.62. The van der Waals surface area contributed by atoms with Crippen molar-refractivity contribution in [3.05, 3.63) is 27.3 Å². The van der Waals surface area contributed by atoms with E-state index in [1.165, 1.54) is 0 Å². The van der Waals surface area contributed by atoms with Crippen LogP contribution in [0.15, 0.2) is 10.9 Å². The predicted octanol–water partition coefficient (Wildman–Crippen LogP) is 1.21. The Kier molecular flexibility index (Phi) is 1.44. The van der Waals surface area contributed by atoms with Gasteiger partial charge in [-0.15, -0.1) is 0 Å². The molecule has 0 atom stereocenters. The summed E-state index contributed by atoms with van der Waals surface area (Å²) in [6.45, 7) is 1.78. The van der Waals surface area contributed by atoms with Crippen LogP contribution in [-0.2, 0) is 0 Å². The maximum absolute atomic E-state index is 10.8. The standard InChI is InChI=1S/C7H6ClN3O/c1-3-4(8)2-5-6(9-3)11-7(12)10-5/h2H,1H3,(H2,9,10,11,12). The summed E-state index contributed by atoms with van der Waals surface area (Å²) < 4.78 is 0. The third-order valence-electron chi connectivity index (χ3n) is 1.63. The van der Waals surface area contributed by atoms with E-state index in [9.17, 15) is 4.79 Å². The number of imidazole rings is 1. The molecule has 2 heterocycles. The molecule has 0 spiro atoms. The lowest BCUT2D eigenvalue weighted by Crippen LogP contribution is -1.99. The van der Waals surface area contributed by atoms with Gasteiger partial charge in [-0.1, -0.05) is 11.6 Å². The van der Waals surface area contributed by atoms with Crippen LogP contribution in [0.1, 0.15) is 5.69 Å². The molecule has 2 aromatic heterocycles. The first-order valence-electron chi connectivity index (χ1n) is 3.42. The molecule has 0 aliphatic carbocycles. The van der Waals surface area contributed by atoms with Gasteiger partial charge < -0.3 is 4.98 Å². The smallest absolute Gasteiger partial charge is 0.304 e. The molecule has 0 aromatic carbocycles. The van der Waals surface area contributed by atoms with Crippen molar-refractivity contribution in [2.24, 2.45) is 0 Å². The molecule has 0 fully saturated rings. The van der Waals surface area contributed by atoms with Crippen molar-refractivity contribution >= 4 is 22.8 Å². The number of nitrogens with one attached hydrogen (secondary N) is 2. The molecule has 4 nitrogen and oxygen atoms in total. The quantitative estimate of drug-likeness (QED) is 0.645. The molecule has 0 bridgehead atoms.